The lowest BCUT2D eigenvalue weighted by Gasteiger charge is -2.18. The van der Waals surface area contributed by atoms with Gasteiger partial charge in [-0.2, -0.15) is 0 Å². The molecule has 106 valence electrons. The maximum absolute atomic E-state index is 11.9. The van der Waals surface area contributed by atoms with Gasteiger partial charge in [0.2, 0.25) is 5.91 Å². The van der Waals surface area contributed by atoms with Crippen LogP contribution in [0.3, 0.4) is 0 Å². The monoisotopic (exact) mass is 263 g/mol. The highest BCUT2D eigenvalue weighted by molar-refractivity contribution is 5.77. The van der Waals surface area contributed by atoms with Crippen LogP contribution >= 0.6 is 0 Å². The predicted molar refractivity (Wildman–Crippen MR) is 78.5 cm³/mol. The molecule has 19 heavy (non-hydrogen) atoms. The first-order valence-corrected chi connectivity index (χ1v) is 6.97. The Morgan fingerprint density at radius 2 is 2.00 bits per heavy atom. The smallest absolute Gasteiger partial charge is 0.222 e. The number of hydrogen-bond acceptors (Lipinski definition) is 3. The molecule has 1 rings (SSSR count). The molecule has 0 spiro atoms. The Kier molecular flexibility index (Phi) is 7.15. The van der Waals surface area contributed by atoms with Gasteiger partial charge in [-0.05, 0) is 12.0 Å². The van der Waals surface area contributed by atoms with Crippen molar-refractivity contribution in [1.82, 2.24) is 5.32 Å². The van der Waals surface area contributed by atoms with E-state index in [0.717, 1.165) is 24.8 Å². The minimum atomic E-state index is -0.259. The molecule has 0 fully saturated rings. The number of carbonyl (C=O) groups is 1. The largest absolute Gasteiger partial charge is 0.352 e. The van der Waals surface area contributed by atoms with E-state index in [4.69, 9.17) is 11.5 Å². The standard InChI is InChI=1S/C15H25N3O/c1-2-3-9-13(11-16)18-15(19)10-14(17)12-7-5-4-6-8-12/h4-8,13-14H,2-3,9-11,16-17H2,1H3,(H,18,19). The summed E-state index contributed by atoms with van der Waals surface area (Å²) in [6.45, 7) is 2.60. The lowest BCUT2D eigenvalue weighted by atomic mass is 10.0. The first-order valence-electron chi connectivity index (χ1n) is 6.97. The molecule has 4 nitrogen and oxygen atoms in total. The second-order valence-electron chi connectivity index (χ2n) is 4.86. The predicted octanol–water partition coefficient (Wildman–Crippen LogP) is 1.71. The van der Waals surface area contributed by atoms with Crippen LogP contribution in [0.1, 0.15) is 44.2 Å². The average molecular weight is 263 g/mol. The quantitative estimate of drug-likeness (QED) is 0.668. The lowest BCUT2D eigenvalue weighted by Crippen LogP contribution is -2.41. The summed E-state index contributed by atoms with van der Waals surface area (Å²) in [6.07, 6.45) is 3.41. The molecule has 5 N–H and O–H groups in total. The fraction of sp³-hybridized carbons (Fsp3) is 0.533. The van der Waals surface area contributed by atoms with Crippen molar-refractivity contribution in [3.63, 3.8) is 0 Å². The lowest BCUT2D eigenvalue weighted by molar-refractivity contribution is -0.122. The molecule has 0 aliphatic heterocycles. The van der Waals surface area contributed by atoms with E-state index in [9.17, 15) is 4.79 Å². The van der Waals surface area contributed by atoms with Crippen LogP contribution in [0.4, 0.5) is 0 Å². The van der Waals surface area contributed by atoms with Gasteiger partial charge < -0.3 is 16.8 Å². The summed E-state index contributed by atoms with van der Waals surface area (Å²) in [7, 11) is 0. The molecular weight excluding hydrogens is 238 g/mol. The zero-order valence-electron chi connectivity index (χ0n) is 11.6. The molecule has 0 saturated heterocycles. The second kappa shape index (κ2) is 8.67. The first-order chi connectivity index (χ1) is 9.17. The Morgan fingerprint density at radius 3 is 2.58 bits per heavy atom. The molecule has 0 saturated carbocycles. The molecule has 4 heteroatoms. The third-order valence-electron chi connectivity index (χ3n) is 3.19. The number of nitrogens with one attached hydrogen (secondary N) is 1. The Morgan fingerprint density at radius 1 is 1.32 bits per heavy atom. The van der Waals surface area contributed by atoms with Crippen LogP contribution in [-0.2, 0) is 4.79 Å². The number of carbonyl (C=O) groups excluding carboxylic acids is 1. The van der Waals surface area contributed by atoms with Crippen LogP contribution < -0.4 is 16.8 Å². The van der Waals surface area contributed by atoms with Crippen LogP contribution in [-0.4, -0.2) is 18.5 Å². The Hall–Kier alpha value is -1.39. The first kappa shape index (κ1) is 15.7. The van der Waals surface area contributed by atoms with Crippen molar-refractivity contribution in [3.05, 3.63) is 35.9 Å². The van der Waals surface area contributed by atoms with Crippen molar-refractivity contribution in [1.29, 1.82) is 0 Å². The molecule has 0 aliphatic carbocycles. The molecular formula is C15H25N3O. The van der Waals surface area contributed by atoms with Crippen molar-refractivity contribution >= 4 is 5.91 Å². The Balaban J connectivity index is 2.41. The van der Waals surface area contributed by atoms with Gasteiger partial charge in [0.15, 0.2) is 0 Å². The van der Waals surface area contributed by atoms with Crippen LogP contribution in [0.5, 0.6) is 0 Å². The number of benzene rings is 1. The van der Waals surface area contributed by atoms with Crippen LogP contribution in [0.25, 0.3) is 0 Å². The summed E-state index contributed by atoms with van der Waals surface area (Å²) in [4.78, 5) is 11.9. The SMILES string of the molecule is CCCCC(CN)NC(=O)CC(N)c1ccccc1. The van der Waals surface area contributed by atoms with Gasteiger partial charge in [-0.1, -0.05) is 50.1 Å². The van der Waals surface area contributed by atoms with Crippen molar-refractivity contribution in [2.24, 2.45) is 11.5 Å². The van der Waals surface area contributed by atoms with Crippen molar-refractivity contribution < 1.29 is 4.79 Å². The summed E-state index contributed by atoms with van der Waals surface area (Å²) in [6, 6.07) is 9.48. The summed E-state index contributed by atoms with van der Waals surface area (Å²) in [5, 5.41) is 2.96. The number of rotatable bonds is 8. The van der Waals surface area contributed by atoms with Crippen LogP contribution in [0.2, 0.25) is 0 Å². The van der Waals surface area contributed by atoms with Crippen molar-refractivity contribution in [3.8, 4) is 0 Å². The molecule has 2 atom stereocenters. The van der Waals surface area contributed by atoms with E-state index < -0.39 is 0 Å². The molecule has 0 aliphatic rings. The Labute approximate surface area is 115 Å². The number of nitrogens with two attached hydrogens (primary N) is 2. The van der Waals surface area contributed by atoms with Gasteiger partial charge >= 0.3 is 0 Å². The van der Waals surface area contributed by atoms with E-state index in [-0.39, 0.29) is 18.0 Å². The number of hydrogen-bond donors (Lipinski definition) is 3. The fourth-order valence-corrected chi connectivity index (χ4v) is 2.00. The normalized spacial score (nSPS) is 13.8. The molecule has 1 amide bonds. The summed E-state index contributed by atoms with van der Waals surface area (Å²) < 4.78 is 0. The van der Waals surface area contributed by atoms with Gasteiger partial charge in [-0.25, -0.2) is 0 Å². The second-order valence-corrected chi connectivity index (χ2v) is 4.86. The maximum atomic E-state index is 11.9. The highest BCUT2D eigenvalue weighted by Gasteiger charge is 2.14. The van der Waals surface area contributed by atoms with Crippen LogP contribution in [0, 0.1) is 0 Å². The molecule has 0 radical (unpaired) electrons. The summed E-state index contributed by atoms with van der Waals surface area (Å²) >= 11 is 0. The zero-order chi connectivity index (χ0) is 14.1. The van der Waals surface area contributed by atoms with Crippen molar-refractivity contribution in [2.45, 2.75) is 44.7 Å². The van der Waals surface area contributed by atoms with Gasteiger partial charge in [0.05, 0.1) is 0 Å². The van der Waals surface area contributed by atoms with E-state index in [2.05, 4.69) is 12.2 Å². The summed E-state index contributed by atoms with van der Waals surface area (Å²) in [5.74, 6) is -0.0251. The van der Waals surface area contributed by atoms with Gasteiger partial charge in [-0.15, -0.1) is 0 Å². The van der Waals surface area contributed by atoms with Crippen LogP contribution in [0.15, 0.2) is 30.3 Å². The minimum absolute atomic E-state index is 0.0251. The minimum Gasteiger partial charge on any atom is -0.352 e. The molecule has 1 aromatic carbocycles. The van der Waals surface area contributed by atoms with Gasteiger partial charge in [0.25, 0.3) is 0 Å². The van der Waals surface area contributed by atoms with Gasteiger partial charge in [0, 0.05) is 25.0 Å². The summed E-state index contributed by atoms with van der Waals surface area (Å²) in [5.41, 5.74) is 12.7. The third-order valence-corrected chi connectivity index (χ3v) is 3.19. The topological polar surface area (TPSA) is 81.1 Å². The maximum Gasteiger partial charge on any atom is 0.222 e. The van der Waals surface area contributed by atoms with E-state index in [0.29, 0.717) is 13.0 Å². The molecule has 2 unspecified atom stereocenters. The average Bonchev–Trinajstić information content (AvgIpc) is 2.44. The van der Waals surface area contributed by atoms with E-state index in [1.165, 1.54) is 0 Å². The van der Waals surface area contributed by atoms with Crippen molar-refractivity contribution in [2.75, 3.05) is 6.54 Å². The molecule has 0 aromatic heterocycles. The van der Waals surface area contributed by atoms with Gasteiger partial charge in [0.1, 0.15) is 0 Å². The Bertz CT molecular complexity index is 367. The highest BCUT2D eigenvalue weighted by Crippen LogP contribution is 2.13. The molecule has 0 heterocycles. The number of unbranched alkanes of at least 4 members (excludes halogenated alkanes) is 1. The highest BCUT2D eigenvalue weighted by atomic mass is 16.1. The number of amides is 1. The fourth-order valence-electron chi connectivity index (χ4n) is 2.00. The third kappa shape index (κ3) is 5.85. The van der Waals surface area contributed by atoms with E-state index in [1.807, 2.05) is 30.3 Å². The van der Waals surface area contributed by atoms with E-state index in [1.54, 1.807) is 0 Å². The molecule has 0 bridgehead atoms. The van der Waals surface area contributed by atoms with Gasteiger partial charge in [-0.3, -0.25) is 4.79 Å². The van der Waals surface area contributed by atoms with E-state index >= 15 is 0 Å². The zero-order valence-corrected chi connectivity index (χ0v) is 11.6. The molecule has 1 aromatic rings.